The number of ether oxygens (including phenoxy) is 1. The summed E-state index contributed by atoms with van der Waals surface area (Å²) in [5, 5.41) is 12.6. The van der Waals surface area contributed by atoms with Crippen LogP contribution in [0, 0.1) is 0 Å². The Hall–Kier alpha value is -2.87. The zero-order valence-electron chi connectivity index (χ0n) is 17.2. The fraction of sp³-hybridized carbons (Fsp3) is 0.364. The first-order chi connectivity index (χ1) is 14.7. The maximum Gasteiger partial charge on any atom is 0.233 e. The largest absolute Gasteiger partial charge is 0.497 e. The lowest BCUT2D eigenvalue weighted by atomic mass is 9.87. The van der Waals surface area contributed by atoms with Gasteiger partial charge in [-0.2, -0.15) is 0 Å². The van der Waals surface area contributed by atoms with Crippen molar-refractivity contribution >= 4 is 17.7 Å². The zero-order valence-corrected chi connectivity index (χ0v) is 18.0. The van der Waals surface area contributed by atoms with Crippen LogP contribution in [0.15, 0.2) is 53.7 Å². The minimum atomic E-state index is 0.0840. The second kappa shape index (κ2) is 9.30. The average molecular weight is 424 g/mol. The van der Waals surface area contributed by atoms with Gasteiger partial charge in [-0.25, -0.2) is 4.68 Å². The average Bonchev–Trinajstić information content (AvgIpc) is 3.24. The summed E-state index contributed by atoms with van der Waals surface area (Å²) in [4.78, 5) is 14.8. The molecule has 3 aromatic rings. The highest BCUT2D eigenvalue weighted by Crippen LogP contribution is 2.33. The SMILES string of the molecule is COc1ccc(Cn2nnnc2SCC(=O)N(C)C2CCCc3ccccc32)cc1. The molecule has 0 saturated carbocycles. The van der Waals surface area contributed by atoms with Crippen molar-refractivity contribution in [2.24, 2.45) is 0 Å². The second-order valence-corrected chi connectivity index (χ2v) is 8.31. The minimum absolute atomic E-state index is 0.0840. The normalized spacial score (nSPS) is 15.5. The van der Waals surface area contributed by atoms with E-state index in [9.17, 15) is 4.79 Å². The quantitative estimate of drug-likeness (QED) is 0.543. The van der Waals surface area contributed by atoms with Gasteiger partial charge in [-0.3, -0.25) is 4.79 Å². The van der Waals surface area contributed by atoms with Crippen LogP contribution in [-0.4, -0.2) is 50.9 Å². The Balaban J connectivity index is 1.38. The minimum Gasteiger partial charge on any atom is -0.497 e. The van der Waals surface area contributed by atoms with E-state index in [4.69, 9.17) is 4.74 Å². The fourth-order valence-electron chi connectivity index (χ4n) is 3.84. The Morgan fingerprint density at radius 3 is 2.83 bits per heavy atom. The van der Waals surface area contributed by atoms with Crippen molar-refractivity contribution in [3.8, 4) is 5.75 Å². The molecule has 1 unspecified atom stereocenters. The summed E-state index contributed by atoms with van der Waals surface area (Å²) >= 11 is 1.37. The Bertz CT molecular complexity index is 1000. The number of tetrazole rings is 1. The van der Waals surface area contributed by atoms with E-state index in [0.29, 0.717) is 17.5 Å². The van der Waals surface area contributed by atoms with Crippen molar-refractivity contribution in [1.82, 2.24) is 25.1 Å². The summed E-state index contributed by atoms with van der Waals surface area (Å²) in [6.45, 7) is 0.541. The van der Waals surface area contributed by atoms with Crippen molar-refractivity contribution in [2.75, 3.05) is 19.9 Å². The summed E-state index contributed by atoms with van der Waals surface area (Å²) in [5.41, 5.74) is 3.69. The van der Waals surface area contributed by atoms with Gasteiger partial charge in [-0.05, 0) is 58.5 Å². The molecule has 0 spiro atoms. The molecule has 1 aliphatic rings. The topological polar surface area (TPSA) is 73.1 Å². The smallest absolute Gasteiger partial charge is 0.233 e. The summed E-state index contributed by atoms with van der Waals surface area (Å²) in [7, 11) is 3.54. The number of amides is 1. The molecule has 0 saturated heterocycles. The van der Waals surface area contributed by atoms with Gasteiger partial charge in [-0.15, -0.1) is 5.10 Å². The van der Waals surface area contributed by atoms with Crippen molar-refractivity contribution in [3.63, 3.8) is 0 Å². The van der Waals surface area contributed by atoms with Gasteiger partial charge in [0.05, 0.1) is 25.4 Å². The molecular weight excluding hydrogens is 398 g/mol. The van der Waals surface area contributed by atoms with E-state index in [1.54, 1.807) is 11.8 Å². The van der Waals surface area contributed by atoms with Crippen LogP contribution in [0.2, 0.25) is 0 Å². The first-order valence-electron chi connectivity index (χ1n) is 10.0. The predicted molar refractivity (Wildman–Crippen MR) is 116 cm³/mol. The number of benzene rings is 2. The van der Waals surface area contributed by atoms with Crippen LogP contribution in [0.1, 0.15) is 35.6 Å². The maximum atomic E-state index is 12.9. The first-order valence-corrected chi connectivity index (χ1v) is 11.0. The summed E-state index contributed by atoms with van der Waals surface area (Å²) in [6.07, 6.45) is 3.19. The van der Waals surface area contributed by atoms with Crippen LogP contribution >= 0.6 is 11.8 Å². The molecule has 1 aromatic heterocycles. The molecular formula is C22H25N5O2S. The van der Waals surface area contributed by atoms with E-state index < -0.39 is 0 Å². The summed E-state index contributed by atoms with van der Waals surface area (Å²) in [6, 6.07) is 16.4. The molecule has 7 nitrogen and oxygen atoms in total. The van der Waals surface area contributed by atoms with Crippen LogP contribution in [0.5, 0.6) is 5.75 Å². The number of carbonyl (C=O) groups is 1. The molecule has 2 aromatic carbocycles. The molecule has 0 N–H and O–H groups in total. The molecule has 0 fully saturated rings. The Morgan fingerprint density at radius 1 is 1.23 bits per heavy atom. The van der Waals surface area contributed by atoms with Gasteiger partial charge >= 0.3 is 0 Å². The molecule has 0 aliphatic heterocycles. The number of methoxy groups -OCH3 is 1. The molecule has 1 amide bonds. The Kier molecular flexibility index (Phi) is 6.32. The number of aryl methyl sites for hydroxylation is 1. The lowest BCUT2D eigenvalue weighted by Crippen LogP contribution is -2.34. The summed E-state index contributed by atoms with van der Waals surface area (Å²) in [5.74, 6) is 1.20. The third-order valence-corrected chi connectivity index (χ3v) is 6.46. The van der Waals surface area contributed by atoms with Crippen molar-refractivity contribution < 1.29 is 9.53 Å². The summed E-state index contributed by atoms with van der Waals surface area (Å²) < 4.78 is 6.91. The Labute approximate surface area is 180 Å². The van der Waals surface area contributed by atoms with Gasteiger partial charge in [0.1, 0.15) is 5.75 Å². The van der Waals surface area contributed by atoms with E-state index in [2.05, 4.69) is 39.8 Å². The monoisotopic (exact) mass is 423 g/mol. The van der Waals surface area contributed by atoms with Gasteiger partial charge in [0.15, 0.2) is 0 Å². The van der Waals surface area contributed by atoms with Crippen LogP contribution in [0.3, 0.4) is 0 Å². The molecule has 1 atom stereocenters. The standard InChI is InChI=1S/C22H25N5O2S/c1-26(20-9-5-7-17-6-3-4-8-19(17)20)21(28)15-30-22-23-24-25-27(22)14-16-10-12-18(29-2)13-11-16/h3-4,6,8,10-13,20H,5,7,9,14-15H2,1-2H3. The number of hydrogen-bond donors (Lipinski definition) is 0. The third-order valence-electron chi connectivity index (χ3n) is 5.51. The van der Waals surface area contributed by atoms with Gasteiger partial charge < -0.3 is 9.64 Å². The number of carbonyl (C=O) groups excluding carboxylic acids is 1. The van der Waals surface area contributed by atoms with Gasteiger partial charge in [0, 0.05) is 7.05 Å². The van der Waals surface area contributed by atoms with E-state index in [0.717, 1.165) is 30.6 Å². The molecule has 1 heterocycles. The fourth-order valence-corrected chi connectivity index (χ4v) is 4.64. The van der Waals surface area contributed by atoms with Crippen molar-refractivity contribution in [2.45, 2.75) is 37.0 Å². The van der Waals surface area contributed by atoms with E-state index in [1.807, 2.05) is 36.2 Å². The molecule has 8 heteroatoms. The Morgan fingerprint density at radius 2 is 2.03 bits per heavy atom. The van der Waals surface area contributed by atoms with Gasteiger partial charge in [-0.1, -0.05) is 48.2 Å². The van der Waals surface area contributed by atoms with Gasteiger partial charge in [0.2, 0.25) is 11.1 Å². The van der Waals surface area contributed by atoms with Crippen LogP contribution < -0.4 is 4.74 Å². The number of nitrogens with zero attached hydrogens (tertiary/aromatic N) is 5. The molecule has 156 valence electrons. The van der Waals surface area contributed by atoms with E-state index >= 15 is 0 Å². The highest BCUT2D eigenvalue weighted by atomic mass is 32.2. The number of thioether (sulfide) groups is 1. The number of rotatable bonds is 7. The van der Waals surface area contributed by atoms with Crippen LogP contribution in [0.25, 0.3) is 0 Å². The lowest BCUT2D eigenvalue weighted by molar-refractivity contribution is -0.129. The third kappa shape index (κ3) is 4.48. The predicted octanol–water partition coefficient (Wildman–Crippen LogP) is 3.36. The van der Waals surface area contributed by atoms with Crippen LogP contribution in [-0.2, 0) is 17.8 Å². The second-order valence-electron chi connectivity index (χ2n) is 7.37. The molecule has 4 rings (SSSR count). The molecule has 30 heavy (non-hydrogen) atoms. The van der Waals surface area contributed by atoms with E-state index in [-0.39, 0.29) is 11.9 Å². The first kappa shape index (κ1) is 20.4. The van der Waals surface area contributed by atoms with Gasteiger partial charge in [0.25, 0.3) is 0 Å². The van der Waals surface area contributed by atoms with Crippen molar-refractivity contribution in [1.29, 1.82) is 0 Å². The number of fused-ring (bicyclic) bond motifs is 1. The zero-order chi connectivity index (χ0) is 20.9. The highest BCUT2D eigenvalue weighted by molar-refractivity contribution is 7.99. The number of hydrogen-bond acceptors (Lipinski definition) is 6. The number of aromatic nitrogens is 4. The van der Waals surface area contributed by atoms with Crippen molar-refractivity contribution in [3.05, 3.63) is 65.2 Å². The highest BCUT2D eigenvalue weighted by Gasteiger charge is 2.26. The molecule has 0 radical (unpaired) electrons. The van der Waals surface area contributed by atoms with Crippen LogP contribution in [0.4, 0.5) is 0 Å². The maximum absolute atomic E-state index is 12.9. The molecule has 0 bridgehead atoms. The van der Waals surface area contributed by atoms with E-state index in [1.165, 1.54) is 22.9 Å². The lowest BCUT2D eigenvalue weighted by Gasteiger charge is -2.33. The molecule has 1 aliphatic carbocycles.